The Balaban J connectivity index is 1.59. The summed E-state index contributed by atoms with van der Waals surface area (Å²) in [4.78, 5) is 18.0. The van der Waals surface area contributed by atoms with E-state index in [1.54, 1.807) is 0 Å². The molecule has 1 N–H and O–H groups in total. The molecular weight excluding hydrogens is 324 g/mol. The monoisotopic (exact) mass is 350 g/mol. The molecule has 0 aliphatic heterocycles. The van der Waals surface area contributed by atoms with Crippen LogP contribution in [0.25, 0.3) is 10.9 Å². The Morgan fingerprint density at radius 2 is 1.96 bits per heavy atom. The van der Waals surface area contributed by atoms with Gasteiger partial charge in [0.25, 0.3) is 0 Å². The van der Waals surface area contributed by atoms with Crippen LogP contribution in [-0.2, 0) is 6.42 Å². The molecule has 4 heteroatoms. The molecule has 26 heavy (non-hydrogen) atoms. The molecule has 3 rings (SSSR count). The Bertz CT molecular complexity index is 898. The van der Waals surface area contributed by atoms with Gasteiger partial charge in [-0.3, -0.25) is 9.69 Å². The second-order valence-electron chi connectivity index (χ2n) is 6.67. The van der Waals surface area contributed by atoms with Crippen molar-refractivity contribution in [3.05, 3.63) is 65.4 Å². The first-order valence-corrected chi connectivity index (χ1v) is 9.09. The molecule has 0 radical (unpaired) electrons. The third-order valence-electron chi connectivity index (χ3n) is 4.72. The molecule has 0 fully saturated rings. The standard InChI is InChI=1S/C22H26N2O2/c1-4-17-9-7-10-18-19(14-23-22(17)18)20(25)15-24(3)12-13-26-21-11-6-5-8-16(21)2/h5-11,14,23H,4,12-13,15H2,1-3H3. The number of carbonyl (C=O) groups is 1. The van der Waals surface area contributed by atoms with E-state index in [-0.39, 0.29) is 5.78 Å². The zero-order valence-corrected chi connectivity index (χ0v) is 15.7. The van der Waals surface area contributed by atoms with Gasteiger partial charge in [-0.1, -0.05) is 43.3 Å². The van der Waals surface area contributed by atoms with Gasteiger partial charge in [0.2, 0.25) is 0 Å². The van der Waals surface area contributed by atoms with Gasteiger partial charge >= 0.3 is 0 Å². The lowest BCUT2D eigenvalue weighted by Crippen LogP contribution is -2.30. The number of H-pyrrole nitrogens is 1. The second kappa shape index (κ2) is 8.19. The van der Waals surface area contributed by atoms with Crippen LogP contribution in [0.5, 0.6) is 5.75 Å². The highest BCUT2D eigenvalue weighted by molar-refractivity contribution is 6.09. The first kappa shape index (κ1) is 18.2. The number of benzene rings is 2. The Kier molecular flexibility index (Phi) is 5.74. The number of ketones is 1. The lowest BCUT2D eigenvalue weighted by atomic mass is 10.0. The number of nitrogens with zero attached hydrogens (tertiary/aromatic N) is 1. The van der Waals surface area contributed by atoms with Crippen LogP contribution < -0.4 is 4.74 Å². The molecule has 0 amide bonds. The molecule has 0 saturated carbocycles. The lowest BCUT2D eigenvalue weighted by molar-refractivity contribution is 0.0940. The first-order valence-electron chi connectivity index (χ1n) is 9.09. The van der Waals surface area contributed by atoms with E-state index in [1.165, 1.54) is 5.56 Å². The van der Waals surface area contributed by atoms with Gasteiger partial charge in [0.15, 0.2) is 5.78 Å². The molecule has 0 spiro atoms. The minimum atomic E-state index is 0.128. The van der Waals surface area contributed by atoms with Crippen molar-refractivity contribution in [2.24, 2.45) is 0 Å². The predicted molar refractivity (Wildman–Crippen MR) is 106 cm³/mol. The van der Waals surface area contributed by atoms with Crippen molar-refractivity contribution >= 4 is 16.7 Å². The average molecular weight is 350 g/mol. The van der Waals surface area contributed by atoms with Gasteiger partial charge in [0, 0.05) is 29.2 Å². The van der Waals surface area contributed by atoms with Gasteiger partial charge in [-0.15, -0.1) is 0 Å². The van der Waals surface area contributed by atoms with Crippen molar-refractivity contribution in [2.45, 2.75) is 20.3 Å². The molecule has 1 heterocycles. The number of aromatic nitrogens is 1. The van der Waals surface area contributed by atoms with Crippen molar-refractivity contribution < 1.29 is 9.53 Å². The SMILES string of the molecule is CCc1cccc2c(C(=O)CN(C)CCOc3ccccc3C)c[nH]c12. The van der Waals surface area contributed by atoms with E-state index >= 15 is 0 Å². The van der Waals surface area contributed by atoms with E-state index in [9.17, 15) is 4.79 Å². The highest BCUT2D eigenvalue weighted by Gasteiger charge is 2.15. The molecule has 1 aromatic heterocycles. The maximum absolute atomic E-state index is 12.7. The van der Waals surface area contributed by atoms with Crippen LogP contribution in [0.2, 0.25) is 0 Å². The summed E-state index contributed by atoms with van der Waals surface area (Å²) in [5, 5.41) is 1.01. The van der Waals surface area contributed by atoms with Crippen molar-refractivity contribution in [3.8, 4) is 5.75 Å². The fourth-order valence-electron chi connectivity index (χ4n) is 3.18. The smallest absolute Gasteiger partial charge is 0.178 e. The number of ether oxygens (including phenoxy) is 1. The largest absolute Gasteiger partial charge is 0.492 e. The van der Waals surface area contributed by atoms with E-state index in [0.29, 0.717) is 19.7 Å². The highest BCUT2D eigenvalue weighted by atomic mass is 16.5. The molecule has 0 saturated heterocycles. The molecular formula is C22H26N2O2. The summed E-state index contributed by atoms with van der Waals surface area (Å²) in [6.07, 6.45) is 2.78. The molecule has 0 bridgehead atoms. The highest BCUT2D eigenvalue weighted by Crippen LogP contribution is 2.22. The van der Waals surface area contributed by atoms with Gasteiger partial charge in [-0.25, -0.2) is 0 Å². The molecule has 0 unspecified atom stereocenters. The van der Waals surface area contributed by atoms with Crippen LogP contribution in [0.15, 0.2) is 48.7 Å². The second-order valence-corrected chi connectivity index (χ2v) is 6.67. The minimum absolute atomic E-state index is 0.128. The van der Waals surface area contributed by atoms with Crippen molar-refractivity contribution in [3.63, 3.8) is 0 Å². The Morgan fingerprint density at radius 1 is 1.15 bits per heavy atom. The topological polar surface area (TPSA) is 45.3 Å². The van der Waals surface area contributed by atoms with Crippen LogP contribution in [0.3, 0.4) is 0 Å². The number of likely N-dealkylation sites (N-methyl/N-ethyl adjacent to an activating group) is 1. The fourth-order valence-corrected chi connectivity index (χ4v) is 3.18. The number of rotatable bonds is 8. The maximum atomic E-state index is 12.7. The minimum Gasteiger partial charge on any atom is -0.492 e. The van der Waals surface area contributed by atoms with E-state index in [0.717, 1.165) is 34.2 Å². The van der Waals surface area contributed by atoms with Gasteiger partial charge < -0.3 is 9.72 Å². The molecule has 2 aromatic carbocycles. The summed E-state index contributed by atoms with van der Waals surface area (Å²) >= 11 is 0. The molecule has 136 valence electrons. The average Bonchev–Trinajstić information content (AvgIpc) is 3.07. The Hall–Kier alpha value is -2.59. The first-order chi connectivity index (χ1) is 12.6. The van der Waals surface area contributed by atoms with E-state index in [1.807, 2.05) is 61.5 Å². The predicted octanol–water partition coefficient (Wildman–Crippen LogP) is 4.23. The number of nitrogens with one attached hydrogen (secondary N) is 1. The Labute approximate surface area is 154 Å². The van der Waals surface area contributed by atoms with Crippen LogP contribution >= 0.6 is 0 Å². The van der Waals surface area contributed by atoms with Crippen LogP contribution in [0, 0.1) is 6.92 Å². The van der Waals surface area contributed by atoms with Gasteiger partial charge in [-0.2, -0.15) is 0 Å². The number of hydrogen-bond acceptors (Lipinski definition) is 3. The summed E-state index contributed by atoms with van der Waals surface area (Å²) < 4.78 is 5.82. The Morgan fingerprint density at radius 3 is 2.73 bits per heavy atom. The number of carbonyl (C=O) groups excluding carboxylic acids is 1. The molecule has 4 nitrogen and oxygen atoms in total. The third-order valence-corrected chi connectivity index (χ3v) is 4.72. The number of aromatic amines is 1. The summed E-state index contributed by atoms with van der Waals surface area (Å²) in [6, 6.07) is 14.1. The summed E-state index contributed by atoms with van der Waals surface area (Å²) in [5.41, 5.74) is 4.20. The number of aryl methyl sites for hydroxylation is 2. The van der Waals surface area contributed by atoms with Crippen molar-refractivity contribution in [1.82, 2.24) is 9.88 Å². The summed E-state index contributed by atoms with van der Waals surface area (Å²) in [5.74, 6) is 1.03. The van der Waals surface area contributed by atoms with E-state index in [2.05, 4.69) is 18.0 Å². The number of hydrogen-bond donors (Lipinski definition) is 1. The van der Waals surface area contributed by atoms with E-state index in [4.69, 9.17) is 4.74 Å². The third kappa shape index (κ3) is 3.97. The van der Waals surface area contributed by atoms with Crippen LogP contribution in [-0.4, -0.2) is 42.4 Å². The van der Waals surface area contributed by atoms with Gasteiger partial charge in [0.05, 0.1) is 6.54 Å². The molecule has 3 aromatic rings. The normalized spacial score (nSPS) is 11.2. The van der Waals surface area contributed by atoms with Crippen LogP contribution in [0.4, 0.5) is 0 Å². The quantitative estimate of drug-likeness (QED) is 0.618. The molecule has 0 atom stereocenters. The molecule has 0 aliphatic carbocycles. The fraction of sp³-hybridized carbons (Fsp3) is 0.318. The van der Waals surface area contributed by atoms with Crippen LogP contribution in [0.1, 0.15) is 28.4 Å². The van der Waals surface area contributed by atoms with Gasteiger partial charge in [-0.05, 0) is 37.6 Å². The van der Waals surface area contributed by atoms with E-state index < -0.39 is 0 Å². The number of para-hydroxylation sites is 2. The summed E-state index contributed by atoms with van der Waals surface area (Å²) in [6.45, 7) is 5.79. The summed E-state index contributed by atoms with van der Waals surface area (Å²) in [7, 11) is 1.95. The van der Waals surface area contributed by atoms with Crippen molar-refractivity contribution in [2.75, 3.05) is 26.7 Å². The number of Topliss-reactive ketones (excluding diaryl/α,β-unsaturated/α-hetero) is 1. The van der Waals surface area contributed by atoms with Crippen molar-refractivity contribution in [1.29, 1.82) is 0 Å². The number of fused-ring (bicyclic) bond motifs is 1. The zero-order chi connectivity index (χ0) is 18.5. The zero-order valence-electron chi connectivity index (χ0n) is 15.7. The van der Waals surface area contributed by atoms with Gasteiger partial charge in [0.1, 0.15) is 12.4 Å². The molecule has 0 aliphatic rings. The maximum Gasteiger partial charge on any atom is 0.178 e. The lowest BCUT2D eigenvalue weighted by Gasteiger charge is -2.16.